The van der Waals surface area contributed by atoms with Crippen molar-refractivity contribution in [1.29, 1.82) is 0 Å². The molecule has 0 aliphatic rings. The summed E-state index contributed by atoms with van der Waals surface area (Å²) in [5, 5.41) is 0.385. The molecule has 0 spiro atoms. The molecule has 2 aromatic carbocycles. The van der Waals surface area contributed by atoms with Crippen LogP contribution in [0.25, 0.3) is 0 Å². The minimum Gasteiger partial charge on any atom is -0.269 e. The third kappa shape index (κ3) is 3.36. The Hall–Kier alpha value is -1.73. The SMILES string of the molecule is CN(c1ccc(C(F)(F)F)cc1)S(=O)(=O)c1ccc(Cl)cc1. The fraction of sp³-hybridized carbons (Fsp3) is 0.143. The molecule has 0 saturated carbocycles. The van der Waals surface area contributed by atoms with E-state index in [0.717, 1.165) is 28.6 Å². The summed E-state index contributed by atoms with van der Waals surface area (Å²) in [6.07, 6.45) is -4.47. The van der Waals surface area contributed by atoms with E-state index in [2.05, 4.69) is 0 Å². The maximum Gasteiger partial charge on any atom is 0.416 e. The van der Waals surface area contributed by atoms with Crippen LogP contribution >= 0.6 is 11.6 Å². The second-order valence-electron chi connectivity index (χ2n) is 4.47. The van der Waals surface area contributed by atoms with Gasteiger partial charge in [-0.3, -0.25) is 4.31 Å². The first kappa shape index (κ1) is 16.6. The Morgan fingerprint density at radius 2 is 1.45 bits per heavy atom. The number of halogens is 4. The number of sulfonamides is 1. The molecule has 118 valence electrons. The quantitative estimate of drug-likeness (QED) is 0.833. The molecule has 0 fully saturated rings. The molecule has 0 unspecified atom stereocenters. The fourth-order valence-corrected chi connectivity index (χ4v) is 3.09. The van der Waals surface area contributed by atoms with E-state index in [4.69, 9.17) is 11.6 Å². The van der Waals surface area contributed by atoms with Crippen LogP contribution in [0.2, 0.25) is 5.02 Å². The summed E-state index contributed by atoms with van der Waals surface area (Å²) in [7, 11) is -2.59. The van der Waals surface area contributed by atoms with Gasteiger partial charge in [-0.1, -0.05) is 11.6 Å². The number of hydrogen-bond donors (Lipinski definition) is 0. The molecule has 0 saturated heterocycles. The highest BCUT2D eigenvalue weighted by atomic mass is 35.5. The van der Waals surface area contributed by atoms with Crippen LogP contribution in [0, 0.1) is 0 Å². The van der Waals surface area contributed by atoms with Crippen molar-refractivity contribution in [3.63, 3.8) is 0 Å². The topological polar surface area (TPSA) is 37.4 Å². The second kappa shape index (κ2) is 5.81. The number of rotatable bonds is 3. The smallest absolute Gasteiger partial charge is 0.269 e. The summed E-state index contributed by atoms with van der Waals surface area (Å²) in [6, 6.07) is 9.40. The predicted octanol–water partition coefficient (Wildman–Crippen LogP) is 4.18. The van der Waals surface area contributed by atoms with Gasteiger partial charge in [-0.25, -0.2) is 8.42 Å². The molecule has 0 radical (unpaired) electrons. The molecule has 0 amide bonds. The standard InChI is InChI=1S/C14H11ClF3NO2S/c1-19(12-6-2-10(3-7-12)14(16,17)18)22(20,21)13-8-4-11(15)5-9-13/h2-9H,1H3. The van der Waals surface area contributed by atoms with Gasteiger partial charge in [0.05, 0.1) is 16.1 Å². The third-order valence-electron chi connectivity index (χ3n) is 3.03. The Balaban J connectivity index is 2.34. The molecule has 0 aromatic heterocycles. The summed E-state index contributed by atoms with van der Waals surface area (Å²) in [4.78, 5) is -0.000650. The molecule has 2 rings (SSSR count). The van der Waals surface area contributed by atoms with Crippen molar-refractivity contribution in [3.8, 4) is 0 Å². The average Bonchev–Trinajstić information content (AvgIpc) is 2.46. The molecule has 0 aliphatic heterocycles. The van der Waals surface area contributed by atoms with Crippen LogP contribution < -0.4 is 4.31 Å². The number of nitrogens with zero attached hydrogens (tertiary/aromatic N) is 1. The lowest BCUT2D eigenvalue weighted by atomic mass is 10.2. The Kier molecular flexibility index (Phi) is 4.39. The van der Waals surface area contributed by atoms with Gasteiger partial charge < -0.3 is 0 Å². The zero-order valence-corrected chi connectivity index (χ0v) is 12.9. The first-order chi connectivity index (χ1) is 10.1. The summed E-state index contributed by atoms with van der Waals surface area (Å²) in [6.45, 7) is 0. The zero-order valence-electron chi connectivity index (χ0n) is 11.3. The highest BCUT2D eigenvalue weighted by Crippen LogP contribution is 2.31. The van der Waals surface area contributed by atoms with E-state index in [-0.39, 0.29) is 10.6 Å². The molecule has 0 atom stereocenters. The Bertz CT molecular complexity index is 756. The monoisotopic (exact) mass is 349 g/mol. The molecule has 22 heavy (non-hydrogen) atoms. The van der Waals surface area contributed by atoms with Crippen molar-refractivity contribution >= 4 is 27.3 Å². The first-order valence-corrected chi connectivity index (χ1v) is 7.86. The highest BCUT2D eigenvalue weighted by Gasteiger charge is 2.30. The van der Waals surface area contributed by atoms with E-state index in [1.807, 2.05) is 0 Å². The largest absolute Gasteiger partial charge is 0.416 e. The van der Waals surface area contributed by atoms with Crippen molar-refractivity contribution in [3.05, 3.63) is 59.1 Å². The fourth-order valence-electron chi connectivity index (χ4n) is 1.76. The van der Waals surface area contributed by atoms with Crippen LogP contribution in [0.15, 0.2) is 53.4 Å². The molecule has 8 heteroatoms. The van der Waals surface area contributed by atoms with E-state index in [1.165, 1.54) is 31.3 Å². The molecule has 0 aliphatic carbocycles. The summed E-state index contributed by atoms with van der Waals surface area (Å²) >= 11 is 5.70. The molecule has 3 nitrogen and oxygen atoms in total. The molecule has 0 N–H and O–H groups in total. The summed E-state index contributed by atoms with van der Waals surface area (Å²) < 4.78 is 63.2. The van der Waals surface area contributed by atoms with Crippen LogP contribution in [0.4, 0.5) is 18.9 Å². The van der Waals surface area contributed by atoms with Crippen molar-refractivity contribution in [2.45, 2.75) is 11.1 Å². The number of alkyl halides is 3. The zero-order chi connectivity index (χ0) is 16.5. The van der Waals surface area contributed by atoms with Gasteiger partial charge >= 0.3 is 6.18 Å². The Morgan fingerprint density at radius 3 is 1.91 bits per heavy atom. The van der Waals surface area contributed by atoms with Gasteiger partial charge in [-0.15, -0.1) is 0 Å². The van der Waals surface area contributed by atoms with Crippen molar-refractivity contribution < 1.29 is 21.6 Å². The normalized spacial score (nSPS) is 12.2. The van der Waals surface area contributed by atoms with Crippen molar-refractivity contribution in [2.75, 3.05) is 11.4 Å². The third-order valence-corrected chi connectivity index (χ3v) is 5.08. The van der Waals surface area contributed by atoms with Gasteiger partial charge in [-0.05, 0) is 48.5 Å². The number of benzene rings is 2. The van der Waals surface area contributed by atoms with Gasteiger partial charge in [-0.2, -0.15) is 13.2 Å². The van der Waals surface area contributed by atoms with Gasteiger partial charge in [0, 0.05) is 12.1 Å². The summed E-state index contributed by atoms with van der Waals surface area (Å²) in [5.41, 5.74) is -0.712. The van der Waals surface area contributed by atoms with E-state index in [1.54, 1.807) is 0 Å². The maximum atomic E-state index is 12.5. The molecule has 0 heterocycles. The van der Waals surface area contributed by atoms with Crippen LogP contribution in [0.3, 0.4) is 0 Å². The van der Waals surface area contributed by atoms with Crippen LogP contribution in [-0.4, -0.2) is 15.5 Å². The van der Waals surface area contributed by atoms with Gasteiger partial charge in [0.1, 0.15) is 0 Å². The van der Waals surface area contributed by atoms with Crippen LogP contribution in [0.5, 0.6) is 0 Å². The molecule has 2 aromatic rings. The Labute approximate surface area is 131 Å². The lowest BCUT2D eigenvalue weighted by Gasteiger charge is -2.20. The van der Waals surface area contributed by atoms with Crippen LogP contribution in [0.1, 0.15) is 5.56 Å². The van der Waals surface area contributed by atoms with Gasteiger partial charge in [0.2, 0.25) is 0 Å². The minimum atomic E-state index is -4.47. The highest BCUT2D eigenvalue weighted by molar-refractivity contribution is 7.92. The van der Waals surface area contributed by atoms with E-state index < -0.39 is 21.8 Å². The van der Waals surface area contributed by atoms with E-state index in [9.17, 15) is 21.6 Å². The second-order valence-corrected chi connectivity index (χ2v) is 6.88. The van der Waals surface area contributed by atoms with Gasteiger partial charge in [0.25, 0.3) is 10.0 Å². The van der Waals surface area contributed by atoms with Crippen molar-refractivity contribution in [2.24, 2.45) is 0 Å². The average molecular weight is 350 g/mol. The van der Waals surface area contributed by atoms with Crippen molar-refractivity contribution in [1.82, 2.24) is 0 Å². The number of hydrogen-bond acceptors (Lipinski definition) is 2. The van der Waals surface area contributed by atoms with E-state index >= 15 is 0 Å². The maximum absolute atomic E-state index is 12.5. The Morgan fingerprint density at radius 1 is 0.955 bits per heavy atom. The lowest BCUT2D eigenvalue weighted by Crippen LogP contribution is -2.26. The molecular formula is C14H11ClF3NO2S. The molecule has 0 bridgehead atoms. The summed E-state index contributed by atoms with van der Waals surface area (Å²) in [5.74, 6) is 0. The van der Waals surface area contributed by atoms with E-state index in [0.29, 0.717) is 5.02 Å². The minimum absolute atomic E-state index is 0.000650. The number of anilines is 1. The first-order valence-electron chi connectivity index (χ1n) is 6.04. The molecular weight excluding hydrogens is 339 g/mol. The predicted molar refractivity (Wildman–Crippen MR) is 78.5 cm³/mol. The van der Waals surface area contributed by atoms with Gasteiger partial charge in [0.15, 0.2) is 0 Å². The lowest BCUT2D eigenvalue weighted by molar-refractivity contribution is -0.137. The van der Waals surface area contributed by atoms with Crippen LogP contribution in [-0.2, 0) is 16.2 Å².